The molecule has 0 bridgehead atoms. The second-order valence-electron chi connectivity index (χ2n) is 5.67. The molecule has 1 unspecified atom stereocenters. The minimum absolute atomic E-state index is 0.388. The Morgan fingerprint density at radius 2 is 1.83 bits per heavy atom. The second kappa shape index (κ2) is 6.35. The molecule has 0 radical (unpaired) electrons. The van der Waals surface area contributed by atoms with Crippen molar-refractivity contribution in [2.75, 3.05) is 6.54 Å². The molecule has 0 aromatic heterocycles. The number of fused-ring (bicyclic) bond motifs is 1. The topological polar surface area (TPSA) is 32.3 Å². The van der Waals surface area contributed by atoms with Gasteiger partial charge in [0.2, 0.25) is 0 Å². The number of aliphatic hydroxyl groups is 1. The van der Waals surface area contributed by atoms with E-state index in [1.807, 2.05) is 0 Å². The van der Waals surface area contributed by atoms with E-state index < -0.39 is 0 Å². The number of benzene rings is 1. The molecule has 1 aliphatic carbocycles. The summed E-state index contributed by atoms with van der Waals surface area (Å²) in [5, 5.41) is 13.5. The van der Waals surface area contributed by atoms with Crippen molar-refractivity contribution in [1.29, 1.82) is 0 Å². The van der Waals surface area contributed by atoms with Gasteiger partial charge < -0.3 is 10.4 Å². The zero-order valence-corrected chi connectivity index (χ0v) is 11.6. The van der Waals surface area contributed by atoms with Gasteiger partial charge in [-0.1, -0.05) is 38.5 Å². The summed E-state index contributed by atoms with van der Waals surface area (Å²) < 4.78 is 0. The SMILES string of the molecule is CC(C)NCC(O)c1ccc2c(c1)CCCCC2. The first-order chi connectivity index (χ1) is 8.66. The third kappa shape index (κ3) is 3.56. The average Bonchev–Trinajstić information content (AvgIpc) is 2.60. The van der Waals surface area contributed by atoms with Gasteiger partial charge in [0.15, 0.2) is 0 Å². The van der Waals surface area contributed by atoms with Gasteiger partial charge in [-0.2, -0.15) is 0 Å². The van der Waals surface area contributed by atoms with Crippen molar-refractivity contribution in [2.45, 2.75) is 58.1 Å². The van der Waals surface area contributed by atoms with E-state index in [-0.39, 0.29) is 6.10 Å². The van der Waals surface area contributed by atoms with Crippen LogP contribution in [0.25, 0.3) is 0 Å². The quantitative estimate of drug-likeness (QED) is 0.802. The molecule has 0 fully saturated rings. The molecule has 0 saturated heterocycles. The maximum Gasteiger partial charge on any atom is 0.0914 e. The van der Waals surface area contributed by atoms with Gasteiger partial charge in [-0.3, -0.25) is 0 Å². The van der Waals surface area contributed by atoms with Gasteiger partial charge in [-0.05, 0) is 42.4 Å². The fraction of sp³-hybridized carbons (Fsp3) is 0.625. The molecule has 1 aromatic rings. The number of aliphatic hydroxyl groups excluding tert-OH is 1. The Morgan fingerprint density at radius 3 is 2.56 bits per heavy atom. The molecule has 0 saturated carbocycles. The molecule has 1 aromatic carbocycles. The van der Waals surface area contributed by atoms with Crippen molar-refractivity contribution in [3.05, 3.63) is 34.9 Å². The second-order valence-corrected chi connectivity index (χ2v) is 5.67. The van der Waals surface area contributed by atoms with Crippen molar-refractivity contribution in [3.63, 3.8) is 0 Å². The molecule has 1 aliphatic rings. The molecule has 2 heteroatoms. The van der Waals surface area contributed by atoms with Crippen molar-refractivity contribution in [3.8, 4) is 0 Å². The lowest BCUT2D eigenvalue weighted by Crippen LogP contribution is -2.27. The molecular formula is C16H25NO. The summed E-state index contributed by atoms with van der Waals surface area (Å²) in [6.07, 6.45) is 5.92. The number of aryl methyl sites for hydroxylation is 2. The number of hydrogen-bond acceptors (Lipinski definition) is 2. The highest BCUT2D eigenvalue weighted by Crippen LogP contribution is 2.24. The fourth-order valence-electron chi connectivity index (χ4n) is 2.60. The van der Waals surface area contributed by atoms with Crippen LogP contribution in [0.5, 0.6) is 0 Å². The molecule has 0 heterocycles. The molecule has 0 aliphatic heterocycles. The molecule has 100 valence electrons. The highest BCUT2D eigenvalue weighted by Gasteiger charge is 2.12. The van der Waals surface area contributed by atoms with E-state index >= 15 is 0 Å². The maximum atomic E-state index is 10.2. The summed E-state index contributed by atoms with van der Waals surface area (Å²) in [5.74, 6) is 0. The molecule has 2 rings (SSSR count). The smallest absolute Gasteiger partial charge is 0.0914 e. The molecule has 0 spiro atoms. The Bertz CT molecular complexity index is 387. The molecule has 1 atom stereocenters. The zero-order valence-electron chi connectivity index (χ0n) is 11.6. The summed E-state index contributed by atoms with van der Waals surface area (Å²) in [4.78, 5) is 0. The van der Waals surface area contributed by atoms with Crippen molar-refractivity contribution < 1.29 is 5.11 Å². The van der Waals surface area contributed by atoms with Crippen molar-refractivity contribution in [2.24, 2.45) is 0 Å². The minimum Gasteiger partial charge on any atom is -0.387 e. The number of rotatable bonds is 4. The first kappa shape index (κ1) is 13.6. The van der Waals surface area contributed by atoms with Crippen molar-refractivity contribution in [1.82, 2.24) is 5.32 Å². The van der Waals surface area contributed by atoms with E-state index in [1.165, 1.54) is 43.2 Å². The molecule has 2 N–H and O–H groups in total. The lowest BCUT2D eigenvalue weighted by atomic mass is 9.97. The largest absolute Gasteiger partial charge is 0.387 e. The monoisotopic (exact) mass is 247 g/mol. The maximum absolute atomic E-state index is 10.2. The first-order valence-electron chi connectivity index (χ1n) is 7.20. The predicted molar refractivity (Wildman–Crippen MR) is 75.8 cm³/mol. The van der Waals surface area contributed by atoms with E-state index in [0.717, 1.165) is 5.56 Å². The lowest BCUT2D eigenvalue weighted by Gasteiger charge is -2.16. The van der Waals surface area contributed by atoms with E-state index in [4.69, 9.17) is 0 Å². The third-order valence-corrected chi connectivity index (χ3v) is 3.73. The van der Waals surface area contributed by atoms with Crippen LogP contribution in [-0.2, 0) is 12.8 Å². The average molecular weight is 247 g/mol. The Kier molecular flexibility index (Phi) is 4.79. The summed E-state index contributed by atoms with van der Waals surface area (Å²) in [6, 6.07) is 6.94. The van der Waals surface area contributed by atoms with Crippen LogP contribution in [0.3, 0.4) is 0 Å². The lowest BCUT2D eigenvalue weighted by molar-refractivity contribution is 0.171. The molecule has 0 amide bonds. The van der Waals surface area contributed by atoms with Gasteiger partial charge in [-0.25, -0.2) is 0 Å². The summed E-state index contributed by atoms with van der Waals surface area (Å²) >= 11 is 0. The van der Waals surface area contributed by atoms with Crippen LogP contribution in [0.4, 0.5) is 0 Å². The zero-order chi connectivity index (χ0) is 13.0. The van der Waals surface area contributed by atoms with Gasteiger partial charge >= 0.3 is 0 Å². The number of nitrogens with one attached hydrogen (secondary N) is 1. The first-order valence-corrected chi connectivity index (χ1v) is 7.20. The van der Waals surface area contributed by atoms with Crippen LogP contribution >= 0.6 is 0 Å². The summed E-state index contributed by atoms with van der Waals surface area (Å²) in [5.41, 5.74) is 4.00. The fourth-order valence-corrected chi connectivity index (χ4v) is 2.60. The predicted octanol–water partition coefficient (Wildman–Crippen LogP) is 2.99. The Hall–Kier alpha value is -0.860. The standard InChI is InChI=1S/C16H25NO/c1-12(2)17-11-16(18)15-9-8-13-6-4-3-5-7-14(13)10-15/h8-10,12,16-18H,3-7,11H2,1-2H3. The Balaban J connectivity index is 2.07. The van der Waals surface area contributed by atoms with E-state index in [2.05, 4.69) is 37.4 Å². The number of hydrogen-bond donors (Lipinski definition) is 2. The van der Waals surface area contributed by atoms with Crippen LogP contribution in [-0.4, -0.2) is 17.7 Å². The molecular weight excluding hydrogens is 222 g/mol. The van der Waals surface area contributed by atoms with Gasteiger partial charge in [0.05, 0.1) is 6.10 Å². The van der Waals surface area contributed by atoms with E-state index in [1.54, 1.807) is 0 Å². The molecule has 18 heavy (non-hydrogen) atoms. The van der Waals surface area contributed by atoms with Crippen LogP contribution in [0.15, 0.2) is 18.2 Å². The van der Waals surface area contributed by atoms with Gasteiger partial charge in [0, 0.05) is 12.6 Å². The Labute approximate surface area is 110 Å². The van der Waals surface area contributed by atoms with Crippen LogP contribution < -0.4 is 5.32 Å². The summed E-state index contributed by atoms with van der Waals surface area (Å²) in [6.45, 7) is 4.84. The van der Waals surface area contributed by atoms with Gasteiger partial charge in [-0.15, -0.1) is 0 Å². The third-order valence-electron chi connectivity index (χ3n) is 3.73. The highest BCUT2D eigenvalue weighted by atomic mass is 16.3. The van der Waals surface area contributed by atoms with Gasteiger partial charge in [0.1, 0.15) is 0 Å². The van der Waals surface area contributed by atoms with Crippen molar-refractivity contribution >= 4 is 0 Å². The highest BCUT2D eigenvalue weighted by molar-refractivity contribution is 5.34. The normalized spacial score (nSPS) is 17.3. The van der Waals surface area contributed by atoms with Crippen LogP contribution in [0.1, 0.15) is 55.9 Å². The Morgan fingerprint density at radius 1 is 1.11 bits per heavy atom. The minimum atomic E-state index is -0.388. The van der Waals surface area contributed by atoms with Crippen LogP contribution in [0.2, 0.25) is 0 Å². The van der Waals surface area contributed by atoms with E-state index in [0.29, 0.717) is 12.6 Å². The van der Waals surface area contributed by atoms with E-state index in [9.17, 15) is 5.11 Å². The molecule has 2 nitrogen and oxygen atoms in total. The van der Waals surface area contributed by atoms with Gasteiger partial charge in [0.25, 0.3) is 0 Å². The van der Waals surface area contributed by atoms with Crippen LogP contribution in [0, 0.1) is 0 Å². The summed E-state index contributed by atoms with van der Waals surface area (Å²) in [7, 11) is 0.